The van der Waals surface area contributed by atoms with Crippen molar-refractivity contribution in [2.45, 2.75) is 13.1 Å². The minimum absolute atomic E-state index is 0.0955. The van der Waals surface area contributed by atoms with Crippen molar-refractivity contribution in [2.24, 2.45) is 11.3 Å². The lowest BCUT2D eigenvalue weighted by Gasteiger charge is -2.31. The maximum atomic E-state index is 12.4. The smallest absolute Gasteiger partial charge is 0.395 e. The molecule has 2 atom stereocenters. The molecule has 0 saturated carbocycles. The van der Waals surface area contributed by atoms with Crippen LogP contribution in [-0.4, -0.2) is 31.0 Å². The zero-order valence-corrected chi connectivity index (χ0v) is 6.78. The Morgan fingerprint density at radius 2 is 2.17 bits per heavy atom. The van der Waals surface area contributed by atoms with Gasteiger partial charge in [0, 0.05) is 25.6 Å². The van der Waals surface area contributed by atoms with Crippen LogP contribution in [0.1, 0.15) is 6.92 Å². The third-order valence-corrected chi connectivity index (χ3v) is 2.65. The Morgan fingerprint density at radius 1 is 1.58 bits per heavy atom. The average Bonchev–Trinajstić information content (AvgIpc) is 2.30. The van der Waals surface area contributed by atoms with Crippen LogP contribution in [0.4, 0.5) is 13.2 Å². The van der Waals surface area contributed by atoms with Crippen LogP contribution < -0.4 is 5.32 Å². The number of hydrogen-bond acceptors (Lipinski definition) is 2. The first-order valence-corrected chi connectivity index (χ1v) is 3.80. The summed E-state index contributed by atoms with van der Waals surface area (Å²) in [6.45, 7) is 0.880. The normalized spacial score (nSPS) is 37.2. The lowest BCUT2D eigenvalue weighted by molar-refractivity contribution is -0.227. The number of rotatable bonds is 1. The summed E-state index contributed by atoms with van der Waals surface area (Å²) in [6, 6.07) is 0. The van der Waals surface area contributed by atoms with E-state index in [0.29, 0.717) is 0 Å². The molecule has 1 heterocycles. The molecule has 0 aromatic heterocycles. The summed E-state index contributed by atoms with van der Waals surface area (Å²) in [6.07, 6.45) is -4.23. The molecule has 0 amide bonds. The Bertz CT molecular complexity index is 171. The predicted octanol–water partition coefficient (Wildman–Crippen LogP) is 0.767. The fourth-order valence-electron chi connectivity index (χ4n) is 1.47. The van der Waals surface area contributed by atoms with Crippen molar-refractivity contribution in [1.82, 2.24) is 5.32 Å². The van der Waals surface area contributed by atoms with Gasteiger partial charge in [0.05, 0.1) is 5.41 Å². The van der Waals surface area contributed by atoms with E-state index in [0.717, 1.165) is 6.92 Å². The SMILES string of the molecule is C[C@]1(C(F)(F)F)CNC[C@H]1CO. The van der Waals surface area contributed by atoms with E-state index in [-0.39, 0.29) is 13.1 Å². The molecule has 0 spiro atoms. The van der Waals surface area contributed by atoms with Gasteiger partial charge >= 0.3 is 6.18 Å². The van der Waals surface area contributed by atoms with Gasteiger partial charge in [-0.25, -0.2) is 0 Å². The number of aliphatic hydroxyl groups is 1. The lowest BCUT2D eigenvalue weighted by atomic mass is 9.80. The van der Waals surface area contributed by atoms with Gasteiger partial charge in [0.1, 0.15) is 0 Å². The van der Waals surface area contributed by atoms with E-state index in [9.17, 15) is 13.2 Å². The van der Waals surface area contributed by atoms with E-state index in [1.54, 1.807) is 0 Å². The number of nitrogens with one attached hydrogen (secondary N) is 1. The first-order valence-electron chi connectivity index (χ1n) is 3.80. The molecule has 12 heavy (non-hydrogen) atoms. The van der Waals surface area contributed by atoms with E-state index in [1.807, 2.05) is 0 Å². The Kier molecular flexibility index (Phi) is 2.35. The largest absolute Gasteiger partial charge is 0.396 e. The first-order chi connectivity index (χ1) is 5.42. The molecule has 5 heteroatoms. The highest BCUT2D eigenvalue weighted by Crippen LogP contribution is 2.45. The van der Waals surface area contributed by atoms with Gasteiger partial charge in [-0.1, -0.05) is 0 Å². The van der Waals surface area contributed by atoms with Crippen LogP contribution >= 0.6 is 0 Å². The van der Waals surface area contributed by atoms with Crippen molar-refractivity contribution >= 4 is 0 Å². The summed E-state index contributed by atoms with van der Waals surface area (Å²) in [5.41, 5.74) is -1.76. The third-order valence-electron chi connectivity index (χ3n) is 2.65. The predicted molar refractivity (Wildman–Crippen MR) is 37.6 cm³/mol. The zero-order chi connectivity index (χ0) is 9.41. The molecule has 0 aliphatic carbocycles. The Labute approximate surface area is 68.8 Å². The van der Waals surface area contributed by atoms with E-state index >= 15 is 0 Å². The molecule has 1 saturated heterocycles. The van der Waals surface area contributed by atoms with Crippen molar-refractivity contribution in [3.63, 3.8) is 0 Å². The molecule has 0 aromatic carbocycles. The molecule has 2 N–H and O–H groups in total. The molecular formula is C7H12F3NO. The first kappa shape index (κ1) is 9.80. The van der Waals surface area contributed by atoms with Gasteiger partial charge in [-0.05, 0) is 6.92 Å². The summed E-state index contributed by atoms with van der Waals surface area (Å²) in [4.78, 5) is 0. The molecule has 0 aromatic rings. The molecule has 72 valence electrons. The molecular weight excluding hydrogens is 171 g/mol. The topological polar surface area (TPSA) is 32.3 Å². The summed E-state index contributed by atoms with van der Waals surface area (Å²) in [5, 5.41) is 11.4. The standard InChI is InChI=1S/C7H12F3NO/c1-6(7(8,9)10)4-11-2-5(6)3-12/h5,11-12H,2-4H2,1H3/t5-,6-/m0/s1. The number of halogens is 3. The molecule has 0 radical (unpaired) electrons. The maximum absolute atomic E-state index is 12.4. The van der Waals surface area contributed by atoms with E-state index < -0.39 is 24.1 Å². The van der Waals surface area contributed by atoms with Crippen LogP contribution in [0.15, 0.2) is 0 Å². The molecule has 0 bridgehead atoms. The number of alkyl halides is 3. The van der Waals surface area contributed by atoms with Crippen LogP contribution in [0.3, 0.4) is 0 Å². The maximum Gasteiger partial charge on any atom is 0.395 e. The van der Waals surface area contributed by atoms with Crippen LogP contribution in [0.2, 0.25) is 0 Å². The third kappa shape index (κ3) is 1.31. The summed E-state index contributed by atoms with van der Waals surface area (Å²) < 4.78 is 37.3. The Balaban J connectivity index is 2.82. The summed E-state index contributed by atoms with van der Waals surface area (Å²) in [5.74, 6) is -0.711. The van der Waals surface area contributed by atoms with Gasteiger partial charge < -0.3 is 10.4 Å². The lowest BCUT2D eigenvalue weighted by Crippen LogP contribution is -2.43. The molecule has 0 unspecified atom stereocenters. The molecule has 1 fully saturated rings. The van der Waals surface area contributed by atoms with Crippen molar-refractivity contribution in [1.29, 1.82) is 0 Å². The van der Waals surface area contributed by atoms with E-state index in [4.69, 9.17) is 5.11 Å². The van der Waals surface area contributed by atoms with E-state index in [1.165, 1.54) is 0 Å². The fourth-order valence-corrected chi connectivity index (χ4v) is 1.47. The summed E-state index contributed by atoms with van der Waals surface area (Å²) in [7, 11) is 0. The number of hydrogen-bond donors (Lipinski definition) is 2. The van der Waals surface area contributed by atoms with Gasteiger partial charge in [-0.2, -0.15) is 13.2 Å². The molecule has 1 aliphatic heterocycles. The second-order valence-corrected chi connectivity index (χ2v) is 3.43. The van der Waals surface area contributed by atoms with Gasteiger partial charge in [-0.15, -0.1) is 0 Å². The van der Waals surface area contributed by atoms with Crippen molar-refractivity contribution < 1.29 is 18.3 Å². The average molecular weight is 183 g/mol. The van der Waals surface area contributed by atoms with Crippen molar-refractivity contribution in [3.05, 3.63) is 0 Å². The quantitative estimate of drug-likeness (QED) is 0.629. The highest BCUT2D eigenvalue weighted by Gasteiger charge is 2.57. The zero-order valence-electron chi connectivity index (χ0n) is 6.78. The molecule has 1 rings (SSSR count). The number of aliphatic hydroxyl groups excluding tert-OH is 1. The second-order valence-electron chi connectivity index (χ2n) is 3.43. The van der Waals surface area contributed by atoms with Gasteiger partial charge in [0.15, 0.2) is 0 Å². The van der Waals surface area contributed by atoms with E-state index in [2.05, 4.69) is 5.32 Å². The monoisotopic (exact) mass is 183 g/mol. The second kappa shape index (κ2) is 2.88. The van der Waals surface area contributed by atoms with Gasteiger partial charge in [0.25, 0.3) is 0 Å². The van der Waals surface area contributed by atoms with Crippen LogP contribution in [0.5, 0.6) is 0 Å². The van der Waals surface area contributed by atoms with Crippen LogP contribution in [0.25, 0.3) is 0 Å². The molecule has 2 nitrogen and oxygen atoms in total. The van der Waals surface area contributed by atoms with Gasteiger partial charge in [-0.3, -0.25) is 0 Å². The minimum atomic E-state index is -4.23. The van der Waals surface area contributed by atoms with Crippen molar-refractivity contribution in [3.8, 4) is 0 Å². The minimum Gasteiger partial charge on any atom is -0.396 e. The Morgan fingerprint density at radius 3 is 2.50 bits per heavy atom. The van der Waals surface area contributed by atoms with Crippen molar-refractivity contribution in [2.75, 3.05) is 19.7 Å². The summed E-state index contributed by atoms with van der Waals surface area (Å²) >= 11 is 0. The fraction of sp³-hybridized carbons (Fsp3) is 1.00. The Hall–Kier alpha value is -0.290. The van der Waals surface area contributed by atoms with Crippen LogP contribution in [-0.2, 0) is 0 Å². The molecule has 1 aliphatic rings. The van der Waals surface area contributed by atoms with Gasteiger partial charge in [0.2, 0.25) is 0 Å². The highest BCUT2D eigenvalue weighted by molar-refractivity contribution is 4.96. The van der Waals surface area contributed by atoms with Crippen LogP contribution in [0, 0.1) is 11.3 Å². The highest BCUT2D eigenvalue weighted by atomic mass is 19.4.